The van der Waals surface area contributed by atoms with Crippen molar-refractivity contribution in [1.82, 2.24) is 0 Å². The van der Waals surface area contributed by atoms with Crippen molar-refractivity contribution in [3.8, 4) is 0 Å². The Hall–Kier alpha value is -0.570. The molecule has 0 N–H and O–H groups in total. The first kappa shape index (κ1) is 8.53. The molecule has 0 aliphatic rings. The van der Waals surface area contributed by atoms with E-state index >= 15 is 0 Å². The molecule has 0 radical (unpaired) electrons. The topological polar surface area (TPSA) is 0 Å². The van der Waals surface area contributed by atoms with Gasteiger partial charge in [0.15, 0.2) is 0 Å². The third-order valence-corrected chi connectivity index (χ3v) is 1.79. The SMILES string of the molecule is C=Cc1ccc(/C=C/I)cc1. The van der Waals surface area contributed by atoms with Gasteiger partial charge in [-0.3, -0.25) is 0 Å². The van der Waals surface area contributed by atoms with Gasteiger partial charge in [0.2, 0.25) is 0 Å². The maximum atomic E-state index is 3.69. The summed E-state index contributed by atoms with van der Waals surface area (Å²) in [7, 11) is 0. The first-order chi connectivity index (χ1) is 5.36. The quantitative estimate of drug-likeness (QED) is 0.707. The molecule has 0 bridgehead atoms. The zero-order valence-corrected chi connectivity index (χ0v) is 8.28. The van der Waals surface area contributed by atoms with Gasteiger partial charge in [0, 0.05) is 0 Å². The van der Waals surface area contributed by atoms with E-state index in [2.05, 4.69) is 59.5 Å². The average Bonchev–Trinajstić information content (AvgIpc) is 2.07. The molecule has 0 amide bonds. The highest BCUT2D eigenvalue weighted by Crippen LogP contribution is 2.07. The minimum absolute atomic E-state index is 1.16. The summed E-state index contributed by atoms with van der Waals surface area (Å²) in [6.07, 6.45) is 3.91. The Labute approximate surface area is 80.8 Å². The Balaban J connectivity index is 2.91. The summed E-state index contributed by atoms with van der Waals surface area (Å²) in [5.41, 5.74) is 2.39. The monoisotopic (exact) mass is 256 g/mol. The Bertz CT molecular complexity index is 257. The van der Waals surface area contributed by atoms with Gasteiger partial charge in [-0.25, -0.2) is 0 Å². The smallest absolute Gasteiger partial charge is 0.0228 e. The van der Waals surface area contributed by atoms with E-state index in [9.17, 15) is 0 Å². The zero-order chi connectivity index (χ0) is 8.10. The summed E-state index contributed by atoms with van der Waals surface area (Å²) in [6, 6.07) is 8.26. The van der Waals surface area contributed by atoms with Gasteiger partial charge in [-0.2, -0.15) is 0 Å². The van der Waals surface area contributed by atoms with E-state index in [1.807, 2.05) is 10.2 Å². The van der Waals surface area contributed by atoms with E-state index in [1.54, 1.807) is 0 Å². The van der Waals surface area contributed by atoms with Crippen LogP contribution in [0.5, 0.6) is 0 Å². The summed E-state index contributed by atoms with van der Waals surface area (Å²) in [4.78, 5) is 0. The molecule has 0 saturated carbocycles. The van der Waals surface area contributed by atoms with Crippen LogP contribution in [0.2, 0.25) is 0 Å². The van der Waals surface area contributed by atoms with Crippen LogP contribution in [0.1, 0.15) is 11.1 Å². The lowest BCUT2D eigenvalue weighted by Crippen LogP contribution is -1.72. The predicted octanol–water partition coefficient (Wildman–Crippen LogP) is 3.74. The first-order valence-electron chi connectivity index (χ1n) is 3.36. The predicted molar refractivity (Wildman–Crippen MR) is 59.6 cm³/mol. The number of halogens is 1. The molecule has 56 valence electrons. The number of hydrogen-bond donors (Lipinski definition) is 0. The number of rotatable bonds is 2. The molecule has 0 aromatic heterocycles. The maximum Gasteiger partial charge on any atom is -0.0228 e. The molecule has 0 saturated heterocycles. The lowest BCUT2D eigenvalue weighted by molar-refractivity contribution is 1.63. The van der Waals surface area contributed by atoms with Crippen molar-refractivity contribution in [2.75, 3.05) is 0 Å². The van der Waals surface area contributed by atoms with Gasteiger partial charge in [0.05, 0.1) is 0 Å². The van der Waals surface area contributed by atoms with Gasteiger partial charge in [-0.1, -0.05) is 59.5 Å². The largest absolute Gasteiger partial charge is 0.0985 e. The maximum absolute atomic E-state index is 3.69. The van der Waals surface area contributed by atoms with Crippen molar-refractivity contribution in [2.24, 2.45) is 0 Å². The lowest BCUT2D eigenvalue weighted by Gasteiger charge is -1.93. The molecular formula is C10H9I. The Morgan fingerprint density at radius 2 is 1.64 bits per heavy atom. The molecular weight excluding hydrogens is 247 g/mol. The Morgan fingerprint density at radius 3 is 2.09 bits per heavy atom. The molecule has 0 atom stereocenters. The third kappa shape index (κ3) is 2.50. The molecule has 1 heteroatoms. The zero-order valence-electron chi connectivity index (χ0n) is 6.13. The van der Waals surface area contributed by atoms with Crippen LogP contribution in [0.4, 0.5) is 0 Å². The summed E-state index contributed by atoms with van der Waals surface area (Å²) >= 11 is 2.21. The first-order valence-corrected chi connectivity index (χ1v) is 4.60. The minimum Gasteiger partial charge on any atom is -0.0985 e. The van der Waals surface area contributed by atoms with Crippen molar-refractivity contribution in [2.45, 2.75) is 0 Å². The minimum atomic E-state index is 1.16. The Morgan fingerprint density at radius 1 is 1.09 bits per heavy atom. The van der Waals surface area contributed by atoms with Crippen LogP contribution in [0.3, 0.4) is 0 Å². The molecule has 1 aromatic rings. The molecule has 0 spiro atoms. The van der Waals surface area contributed by atoms with Crippen molar-refractivity contribution >= 4 is 34.7 Å². The van der Waals surface area contributed by atoms with Crippen LogP contribution in [0, 0.1) is 0 Å². The summed E-state index contributed by atoms with van der Waals surface area (Å²) in [5.74, 6) is 0. The van der Waals surface area contributed by atoms with Crippen LogP contribution in [-0.4, -0.2) is 0 Å². The van der Waals surface area contributed by atoms with E-state index in [4.69, 9.17) is 0 Å². The normalized spacial score (nSPS) is 10.3. The van der Waals surface area contributed by atoms with Crippen LogP contribution in [0.25, 0.3) is 12.2 Å². The van der Waals surface area contributed by atoms with Crippen molar-refractivity contribution in [1.29, 1.82) is 0 Å². The molecule has 11 heavy (non-hydrogen) atoms. The summed E-state index contributed by atoms with van der Waals surface area (Å²) in [5, 5.41) is 0. The van der Waals surface area contributed by atoms with Gasteiger partial charge >= 0.3 is 0 Å². The average molecular weight is 256 g/mol. The van der Waals surface area contributed by atoms with Crippen LogP contribution in [-0.2, 0) is 0 Å². The van der Waals surface area contributed by atoms with E-state index in [-0.39, 0.29) is 0 Å². The second-order valence-electron chi connectivity index (χ2n) is 2.16. The summed E-state index contributed by atoms with van der Waals surface area (Å²) < 4.78 is 2.00. The molecule has 1 aromatic carbocycles. The molecule has 0 fully saturated rings. The fourth-order valence-corrected chi connectivity index (χ4v) is 1.23. The van der Waals surface area contributed by atoms with Crippen molar-refractivity contribution in [3.05, 3.63) is 46.1 Å². The molecule has 0 nitrogen and oxygen atoms in total. The standard InChI is InChI=1S/C10H9I/c1-2-9-3-5-10(6-4-9)7-8-11/h2-8H,1H2/b8-7+. The van der Waals surface area contributed by atoms with Crippen molar-refractivity contribution < 1.29 is 0 Å². The second kappa shape index (κ2) is 4.34. The summed E-state index contributed by atoms with van der Waals surface area (Å²) in [6.45, 7) is 3.69. The second-order valence-corrected chi connectivity index (χ2v) is 2.88. The third-order valence-electron chi connectivity index (χ3n) is 1.43. The highest BCUT2D eigenvalue weighted by atomic mass is 127. The molecule has 0 heterocycles. The van der Waals surface area contributed by atoms with E-state index in [0.717, 1.165) is 5.56 Å². The van der Waals surface area contributed by atoms with E-state index in [0.29, 0.717) is 0 Å². The van der Waals surface area contributed by atoms with Crippen molar-refractivity contribution in [3.63, 3.8) is 0 Å². The highest BCUT2D eigenvalue weighted by Gasteiger charge is 1.85. The van der Waals surface area contributed by atoms with Crippen LogP contribution in [0.15, 0.2) is 34.9 Å². The number of benzene rings is 1. The lowest BCUT2D eigenvalue weighted by atomic mass is 10.1. The van der Waals surface area contributed by atoms with E-state index in [1.165, 1.54) is 5.56 Å². The fourth-order valence-electron chi connectivity index (χ4n) is 0.816. The van der Waals surface area contributed by atoms with Crippen LogP contribution < -0.4 is 0 Å². The van der Waals surface area contributed by atoms with Gasteiger partial charge < -0.3 is 0 Å². The van der Waals surface area contributed by atoms with E-state index < -0.39 is 0 Å². The fraction of sp³-hybridized carbons (Fsp3) is 0. The number of hydrogen-bond acceptors (Lipinski definition) is 0. The van der Waals surface area contributed by atoms with Gasteiger partial charge in [-0.15, -0.1) is 0 Å². The molecule has 1 rings (SSSR count). The van der Waals surface area contributed by atoms with Gasteiger partial charge in [-0.05, 0) is 21.3 Å². The molecule has 0 unspecified atom stereocenters. The molecule has 0 aliphatic carbocycles. The van der Waals surface area contributed by atoms with Gasteiger partial charge in [0.25, 0.3) is 0 Å². The molecule has 0 aliphatic heterocycles. The van der Waals surface area contributed by atoms with Gasteiger partial charge in [0.1, 0.15) is 0 Å². The van der Waals surface area contributed by atoms with Crippen LogP contribution >= 0.6 is 22.6 Å². The Kier molecular flexibility index (Phi) is 3.36. The highest BCUT2D eigenvalue weighted by molar-refractivity contribution is 14.1.